The molecule has 0 radical (unpaired) electrons. The zero-order valence-corrected chi connectivity index (χ0v) is 12.5. The molecule has 3 nitrogen and oxygen atoms in total. The third-order valence-electron chi connectivity index (χ3n) is 5.08. The second-order valence-electron chi connectivity index (χ2n) is 6.52. The van der Waals surface area contributed by atoms with Crippen molar-refractivity contribution in [3.05, 3.63) is 34.9 Å². The molecule has 2 aliphatic rings. The van der Waals surface area contributed by atoms with Crippen LogP contribution < -0.4 is 0 Å². The molecule has 2 saturated heterocycles. The summed E-state index contributed by atoms with van der Waals surface area (Å²) in [6, 6.07) is 7.67. The van der Waals surface area contributed by atoms with E-state index >= 15 is 0 Å². The van der Waals surface area contributed by atoms with Gasteiger partial charge in [0.1, 0.15) is 0 Å². The van der Waals surface area contributed by atoms with Crippen molar-refractivity contribution in [1.29, 1.82) is 0 Å². The van der Waals surface area contributed by atoms with Crippen molar-refractivity contribution < 1.29 is 9.90 Å². The summed E-state index contributed by atoms with van der Waals surface area (Å²) in [7, 11) is 0. The van der Waals surface area contributed by atoms with Gasteiger partial charge in [0.25, 0.3) is 0 Å². The number of benzene rings is 1. The molecule has 2 aliphatic heterocycles. The lowest BCUT2D eigenvalue weighted by Gasteiger charge is -2.30. The lowest BCUT2D eigenvalue weighted by molar-refractivity contribution is -0.142. The first-order valence-corrected chi connectivity index (χ1v) is 7.56. The molecule has 3 heteroatoms. The van der Waals surface area contributed by atoms with E-state index in [1.165, 1.54) is 16.7 Å². The fourth-order valence-electron chi connectivity index (χ4n) is 4.32. The van der Waals surface area contributed by atoms with Gasteiger partial charge in [0.05, 0.1) is 5.92 Å². The highest BCUT2D eigenvalue weighted by atomic mass is 16.4. The molecule has 2 bridgehead atoms. The average molecular weight is 273 g/mol. The summed E-state index contributed by atoms with van der Waals surface area (Å²) in [5.74, 6) is -0.781. The third-order valence-corrected chi connectivity index (χ3v) is 5.08. The van der Waals surface area contributed by atoms with Gasteiger partial charge in [0, 0.05) is 18.1 Å². The Morgan fingerprint density at radius 2 is 1.90 bits per heavy atom. The predicted molar refractivity (Wildman–Crippen MR) is 78.7 cm³/mol. The molecule has 2 fully saturated rings. The maximum atomic E-state index is 11.4. The van der Waals surface area contributed by atoms with Gasteiger partial charge in [0.15, 0.2) is 0 Å². The standard InChI is InChI=1S/C17H23NO2/c1-10-6-11(2)8-13(7-10)12(3)18-14-4-5-16(18)15(9-14)17(19)20/h6-8,12,14-16H,4-5,9H2,1-3H3,(H,19,20). The van der Waals surface area contributed by atoms with E-state index < -0.39 is 5.97 Å². The first-order valence-electron chi connectivity index (χ1n) is 7.56. The molecule has 1 aromatic carbocycles. The summed E-state index contributed by atoms with van der Waals surface area (Å²) in [6.45, 7) is 6.48. The van der Waals surface area contributed by atoms with Crippen LogP contribution in [0.3, 0.4) is 0 Å². The zero-order chi connectivity index (χ0) is 14.4. The number of hydrogen-bond acceptors (Lipinski definition) is 2. The second-order valence-corrected chi connectivity index (χ2v) is 6.52. The van der Waals surface area contributed by atoms with Gasteiger partial charge in [-0.25, -0.2) is 0 Å². The number of nitrogens with zero attached hydrogens (tertiary/aromatic N) is 1. The molecule has 4 atom stereocenters. The van der Waals surface area contributed by atoms with E-state index in [9.17, 15) is 9.90 Å². The predicted octanol–water partition coefficient (Wildman–Crippen LogP) is 3.30. The minimum absolute atomic E-state index is 0.165. The molecular weight excluding hydrogens is 250 g/mol. The second kappa shape index (κ2) is 4.88. The highest BCUT2D eigenvalue weighted by molar-refractivity contribution is 5.71. The SMILES string of the molecule is Cc1cc(C)cc(C(C)N2C3CCC2C(C(=O)O)C3)c1. The van der Waals surface area contributed by atoms with Crippen molar-refractivity contribution in [2.75, 3.05) is 0 Å². The molecule has 2 heterocycles. The molecule has 20 heavy (non-hydrogen) atoms. The van der Waals surface area contributed by atoms with E-state index in [1.54, 1.807) is 0 Å². The summed E-state index contributed by atoms with van der Waals surface area (Å²) < 4.78 is 0. The maximum Gasteiger partial charge on any atom is 0.308 e. The van der Waals surface area contributed by atoms with E-state index in [1.807, 2.05) is 0 Å². The van der Waals surface area contributed by atoms with E-state index in [2.05, 4.69) is 43.9 Å². The number of aryl methyl sites for hydroxylation is 2. The summed E-state index contributed by atoms with van der Waals surface area (Å²) in [4.78, 5) is 13.8. The quantitative estimate of drug-likeness (QED) is 0.918. The van der Waals surface area contributed by atoms with Gasteiger partial charge in [0.2, 0.25) is 0 Å². The zero-order valence-electron chi connectivity index (χ0n) is 12.5. The summed E-state index contributed by atoms with van der Waals surface area (Å²) >= 11 is 0. The first kappa shape index (κ1) is 13.6. The van der Waals surface area contributed by atoms with Crippen LogP contribution in [-0.2, 0) is 4.79 Å². The third kappa shape index (κ3) is 2.14. The molecule has 1 N–H and O–H groups in total. The molecule has 3 rings (SSSR count). The fraction of sp³-hybridized carbons (Fsp3) is 0.588. The van der Waals surface area contributed by atoms with E-state index in [0.29, 0.717) is 12.1 Å². The van der Waals surface area contributed by atoms with E-state index in [-0.39, 0.29) is 12.0 Å². The first-order chi connectivity index (χ1) is 9.47. The highest BCUT2D eigenvalue weighted by Gasteiger charge is 2.50. The molecule has 0 saturated carbocycles. The Kier molecular flexibility index (Phi) is 3.33. The Morgan fingerprint density at radius 3 is 2.45 bits per heavy atom. The van der Waals surface area contributed by atoms with Gasteiger partial charge in [-0.15, -0.1) is 0 Å². The van der Waals surface area contributed by atoms with Crippen LogP contribution in [0, 0.1) is 19.8 Å². The molecule has 4 unspecified atom stereocenters. The Labute approximate surface area is 120 Å². The Hall–Kier alpha value is -1.35. The number of carboxylic acids is 1. The summed E-state index contributed by atoms with van der Waals surface area (Å²) in [6.07, 6.45) is 3.02. The van der Waals surface area contributed by atoms with Crippen molar-refractivity contribution in [3.63, 3.8) is 0 Å². The average Bonchev–Trinajstić information content (AvgIpc) is 2.94. The molecule has 108 valence electrons. The fourth-order valence-corrected chi connectivity index (χ4v) is 4.32. The van der Waals surface area contributed by atoms with E-state index in [4.69, 9.17) is 0 Å². The smallest absolute Gasteiger partial charge is 0.308 e. The van der Waals surface area contributed by atoms with Gasteiger partial charge in [-0.05, 0) is 45.6 Å². The number of aliphatic carboxylic acids is 1. The van der Waals surface area contributed by atoms with Crippen LogP contribution in [0.5, 0.6) is 0 Å². The molecule has 1 aromatic rings. The minimum Gasteiger partial charge on any atom is -0.481 e. The van der Waals surface area contributed by atoms with Crippen molar-refractivity contribution >= 4 is 5.97 Å². The van der Waals surface area contributed by atoms with Crippen LogP contribution in [-0.4, -0.2) is 28.1 Å². The van der Waals surface area contributed by atoms with Crippen LogP contribution in [0.1, 0.15) is 48.9 Å². The normalized spacial score (nSPS) is 30.6. The van der Waals surface area contributed by atoms with Crippen molar-refractivity contribution in [1.82, 2.24) is 4.90 Å². The molecule has 0 amide bonds. The van der Waals surface area contributed by atoms with Crippen molar-refractivity contribution in [3.8, 4) is 0 Å². The lowest BCUT2D eigenvalue weighted by Crippen LogP contribution is -2.35. The number of rotatable bonds is 3. The largest absolute Gasteiger partial charge is 0.481 e. The number of carbonyl (C=O) groups is 1. The van der Waals surface area contributed by atoms with Crippen molar-refractivity contribution in [2.45, 2.75) is 58.2 Å². The van der Waals surface area contributed by atoms with Gasteiger partial charge in [-0.2, -0.15) is 0 Å². The number of hydrogen-bond donors (Lipinski definition) is 1. The van der Waals surface area contributed by atoms with Crippen LogP contribution in [0.2, 0.25) is 0 Å². The summed E-state index contributed by atoms with van der Waals surface area (Å²) in [5.41, 5.74) is 3.90. The summed E-state index contributed by atoms with van der Waals surface area (Å²) in [5, 5.41) is 9.37. The van der Waals surface area contributed by atoms with Crippen LogP contribution in [0.25, 0.3) is 0 Å². The van der Waals surface area contributed by atoms with Crippen molar-refractivity contribution in [2.24, 2.45) is 5.92 Å². The molecular formula is C17H23NO2. The Balaban J connectivity index is 1.88. The van der Waals surface area contributed by atoms with Gasteiger partial charge in [-0.3, -0.25) is 9.69 Å². The highest BCUT2D eigenvalue weighted by Crippen LogP contribution is 2.46. The van der Waals surface area contributed by atoms with E-state index in [0.717, 1.165) is 19.3 Å². The monoisotopic (exact) mass is 273 g/mol. The Morgan fingerprint density at radius 1 is 1.25 bits per heavy atom. The number of carboxylic acid groups (broad SMARTS) is 1. The van der Waals surface area contributed by atoms with Gasteiger partial charge < -0.3 is 5.11 Å². The maximum absolute atomic E-state index is 11.4. The number of fused-ring (bicyclic) bond motifs is 2. The molecule has 0 aromatic heterocycles. The van der Waals surface area contributed by atoms with Crippen LogP contribution >= 0.6 is 0 Å². The van der Waals surface area contributed by atoms with Crippen LogP contribution in [0.4, 0.5) is 0 Å². The lowest BCUT2D eigenvalue weighted by atomic mass is 9.89. The minimum atomic E-state index is -0.616. The molecule has 0 aliphatic carbocycles. The van der Waals surface area contributed by atoms with Gasteiger partial charge >= 0.3 is 5.97 Å². The van der Waals surface area contributed by atoms with Crippen LogP contribution in [0.15, 0.2) is 18.2 Å². The Bertz CT molecular complexity index is 520. The van der Waals surface area contributed by atoms with Gasteiger partial charge in [-0.1, -0.05) is 29.3 Å². The topological polar surface area (TPSA) is 40.5 Å². The molecule has 0 spiro atoms.